The summed E-state index contributed by atoms with van der Waals surface area (Å²) < 4.78 is 38.7. The van der Waals surface area contributed by atoms with Crippen molar-refractivity contribution < 1.29 is 22.7 Å². The molecule has 37 heavy (non-hydrogen) atoms. The van der Waals surface area contributed by atoms with Gasteiger partial charge in [-0.25, -0.2) is 8.42 Å². The Morgan fingerprint density at radius 2 is 1.57 bits per heavy atom. The Hall–Kier alpha value is -3.40. The normalized spacial score (nSPS) is 14.2. The van der Waals surface area contributed by atoms with E-state index in [1.807, 2.05) is 19.1 Å². The fourth-order valence-corrected chi connectivity index (χ4v) is 5.49. The first-order valence-electron chi connectivity index (χ1n) is 12.2. The molecule has 1 N–H and O–H groups in total. The number of amides is 1. The molecule has 3 aromatic carbocycles. The molecule has 196 valence electrons. The number of carbonyl (C=O) groups is 1. The molecule has 1 aliphatic heterocycles. The average molecular weight is 524 g/mol. The third kappa shape index (κ3) is 7.09. The largest absolute Gasteiger partial charge is 0.497 e. The van der Waals surface area contributed by atoms with Gasteiger partial charge < -0.3 is 14.8 Å². The lowest BCUT2D eigenvalue weighted by molar-refractivity contribution is -0.119. The van der Waals surface area contributed by atoms with Gasteiger partial charge in [0.15, 0.2) is 0 Å². The molecule has 0 radical (unpaired) electrons. The molecule has 0 atom stereocenters. The van der Waals surface area contributed by atoms with Crippen molar-refractivity contribution in [3.8, 4) is 5.75 Å². The van der Waals surface area contributed by atoms with E-state index in [4.69, 9.17) is 9.47 Å². The molecule has 0 spiro atoms. The zero-order chi connectivity index (χ0) is 26.3. The van der Waals surface area contributed by atoms with Gasteiger partial charge in [0.2, 0.25) is 5.91 Å². The number of hydrogen-bond donors (Lipinski definition) is 1. The summed E-state index contributed by atoms with van der Waals surface area (Å²) in [6.45, 7) is 6.08. The zero-order valence-electron chi connectivity index (χ0n) is 21.2. The second-order valence-corrected chi connectivity index (χ2v) is 10.9. The summed E-state index contributed by atoms with van der Waals surface area (Å²) in [5, 5.41) is 2.86. The highest BCUT2D eigenvalue weighted by Gasteiger charge is 2.27. The van der Waals surface area contributed by atoms with E-state index in [0.717, 1.165) is 48.3 Å². The molecule has 0 unspecified atom stereocenters. The van der Waals surface area contributed by atoms with Gasteiger partial charge >= 0.3 is 0 Å². The maximum Gasteiger partial charge on any atom is 0.264 e. The Kier molecular flexibility index (Phi) is 8.81. The number of carbonyl (C=O) groups excluding carboxylic acids is 1. The molecule has 1 aliphatic rings. The van der Waals surface area contributed by atoms with Gasteiger partial charge in [-0.3, -0.25) is 14.0 Å². The van der Waals surface area contributed by atoms with Gasteiger partial charge in [0.25, 0.3) is 10.0 Å². The van der Waals surface area contributed by atoms with Crippen LogP contribution in [0.1, 0.15) is 16.7 Å². The highest BCUT2D eigenvalue weighted by Crippen LogP contribution is 2.26. The number of nitrogens with one attached hydrogen (secondary N) is 1. The fraction of sp³-hybridized carbons (Fsp3) is 0.321. The molecule has 0 aliphatic carbocycles. The number of hydrogen-bond acceptors (Lipinski definition) is 6. The fourth-order valence-electron chi connectivity index (χ4n) is 4.07. The van der Waals surface area contributed by atoms with E-state index in [9.17, 15) is 13.2 Å². The average Bonchev–Trinajstić information content (AvgIpc) is 2.92. The second kappa shape index (κ2) is 12.2. The summed E-state index contributed by atoms with van der Waals surface area (Å²) in [5.41, 5.74) is 3.47. The quantitative estimate of drug-likeness (QED) is 0.439. The lowest BCUT2D eigenvalue weighted by Crippen LogP contribution is -2.40. The Labute approximate surface area is 218 Å². The van der Waals surface area contributed by atoms with Crippen molar-refractivity contribution in [1.82, 2.24) is 10.2 Å². The number of nitrogens with zero attached hydrogens (tertiary/aromatic N) is 2. The molecule has 1 amide bonds. The van der Waals surface area contributed by atoms with Crippen LogP contribution < -0.4 is 14.4 Å². The van der Waals surface area contributed by atoms with Crippen LogP contribution in [0.5, 0.6) is 5.75 Å². The lowest BCUT2D eigenvalue weighted by Gasteiger charge is -2.26. The van der Waals surface area contributed by atoms with Crippen LogP contribution in [0.2, 0.25) is 0 Å². The molecule has 1 saturated heterocycles. The minimum atomic E-state index is -3.97. The van der Waals surface area contributed by atoms with Gasteiger partial charge in [-0.05, 0) is 54.4 Å². The number of anilines is 1. The summed E-state index contributed by atoms with van der Waals surface area (Å²) in [6, 6.07) is 21.3. The Morgan fingerprint density at radius 3 is 2.19 bits per heavy atom. The Morgan fingerprint density at radius 1 is 0.946 bits per heavy atom. The number of benzene rings is 3. The van der Waals surface area contributed by atoms with Crippen LogP contribution in [0.4, 0.5) is 5.69 Å². The zero-order valence-corrected chi connectivity index (χ0v) is 22.0. The van der Waals surface area contributed by atoms with Crippen molar-refractivity contribution in [3.05, 3.63) is 89.5 Å². The summed E-state index contributed by atoms with van der Waals surface area (Å²) in [7, 11) is -2.43. The number of rotatable bonds is 10. The third-order valence-corrected chi connectivity index (χ3v) is 8.07. The predicted molar refractivity (Wildman–Crippen MR) is 143 cm³/mol. The van der Waals surface area contributed by atoms with E-state index < -0.39 is 15.9 Å². The van der Waals surface area contributed by atoms with Gasteiger partial charge in [0.05, 0.1) is 30.9 Å². The molecule has 3 aromatic rings. The molecule has 1 fully saturated rings. The molecular formula is C28H33N3O5S. The first-order valence-corrected chi connectivity index (χ1v) is 13.7. The summed E-state index contributed by atoms with van der Waals surface area (Å²) in [5.74, 6) is 0.196. The van der Waals surface area contributed by atoms with Gasteiger partial charge in [0.1, 0.15) is 12.3 Å². The minimum Gasteiger partial charge on any atom is -0.497 e. The third-order valence-electron chi connectivity index (χ3n) is 6.28. The highest BCUT2D eigenvalue weighted by molar-refractivity contribution is 7.92. The number of sulfonamides is 1. The van der Waals surface area contributed by atoms with Crippen LogP contribution in [0, 0.1) is 6.92 Å². The van der Waals surface area contributed by atoms with Crippen LogP contribution in [-0.2, 0) is 32.6 Å². The SMILES string of the molecule is COc1ccc(N(CC(=O)NCc2ccc(CN3CCOCC3)cc2)S(=O)(=O)c2ccc(C)cc2)cc1. The van der Waals surface area contributed by atoms with Gasteiger partial charge in [-0.2, -0.15) is 0 Å². The van der Waals surface area contributed by atoms with Gasteiger partial charge in [0, 0.05) is 26.2 Å². The van der Waals surface area contributed by atoms with E-state index in [2.05, 4.69) is 22.3 Å². The smallest absolute Gasteiger partial charge is 0.264 e. The van der Waals surface area contributed by atoms with Crippen LogP contribution in [0.15, 0.2) is 77.7 Å². The standard InChI is InChI=1S/C28H33N3O5S/c1-22-3-13-27(14-4-22)37(33,34)31(25-9-11-26(35-2)12-10-25)21-28(32)29-19-23-5-7-24(8-6-23)20-30-15-17-36-18-16-30/h3-14H,15-21H2,1-2H3,(H,29,32). The van der Waals surface area contributed by atoms with Gasteiger partial charge in [-0.1, -0.05) is 42.0 Å². The van der Waals surface area contributed by atoms with E-state index in [1.165, 1.54) is 5.56 Å². The summed E-state index contributed by atoms with van der Waals surface area (Å²) in [4.78, 5) is 15.4. The number of morpholine rings is 1. The van der Waals surface area contributed by atoms with E-state index in [1.54, 1.807) is 55.6 Å². The van der Waals surface area contributed by atoms with E-state index in [0.29, 0.717) is 18.0 Å². The van der Waals surface area contributed by atoms with Crippen molar-refractivity contribution in [1.29, 1.82) is 0 Å². The molecule has 0 aromatic heterocycles. The molecule has 9 heteroatoms. The number of aryl methyl sites for hydroxylation is 1. The van der Waals surface area contributed by atoms with Crippen molar-refractivity contribution >= 4 is 21.6 Å². The van der Waals surface area contributed by atoms with Crippen molar-refractivity contribution in [2.75, 3.05) is 44.3 Å². The minimum absolute atomic E-state index is 0.123. The maximum atomic E-state index is 13.5. The Bertz CT molecular complexity index is 1270. The van der Waals surface area contributed by atoms with E-state index in [-0.39, 0.29) is 11.4 Å². The molecule has 1 heterocycles. The topological polar surface area (TPSA) is 88.2 Å². The molecular weight excluding hydrogens is 490 g/mol. The number of ether oxygens (including phenoxy) is 2. The lowest BCUT2D eigenvalue weighted by atomic mass is 10.1. The van der Waals surface area contributed by atoms with Crippen molar-refractivity contribution in [2.45, 2.75) is 24.9 Å². The number of methoxy groups -OCH3 is 1. The van der Waals surface area contributed by atoms with Crippen molar-refractivity contribution in [2.24, 2.45) is 0 Å². The first kappa shape index (κ1) is 26.7. The van der Waals surface area contributed by atoms with Crippen molar-refractivity contribution in [3.63, 3.8) is 0 Å². The van der Waals surface area contributed by atoms with Crippen LogP contribution in [-0.4, -0.2) is 59.2 Å². The van der Waals surface area contributed by atoms with Gasteiger partial charge in [-0.15, -0.1) is 0 Å². The molecule has 0 saturated carbocycles. The first-order chi connectivity index (χ1) is 17.8. The van der Waals surface area contributed by atoms with Crippen LogP contribution in [0.3, 0.4) is 0 Å². The Balaban J connectivity index is 1.43. The van der Waals surface area contributed by atoms with Crippen LogP contribution in [0.25, 0.3) is 0 Å². The molecule has 4 rings (SSSR count). The maximum absolute atomic E-state index is 13.5. The highest BCUT2D eigenvalue weighted by atomic mass is 32.2. The van der Waals surface area contributed by atoms with E-state index >= 15 is 0 Å². The summed E-state index contributed by atoms with van der Waals surface area (Å²) in [6.07, 6.45) is 0. The second-order valence-electron chi connectivity index (χ2n) is 9.00. The molecule has 8 nitrogen and oxygen atoms in total. The predicted octanol–water partition coefficient (Wildman–Crippen LogP) is 3.35. The summed E-state index contributed by atoms with van der Waals surface area (Å²) >= 11 is 0. The molecule has 0 bridgehead atoms. The monoisotopic (exact) mass is 523 g/mol. The van der Waals surface area contributed by atoms with Crippen LogP contribution >= 0.6 is 0 Å².